The highest BCUT2D eigenvalue weighted by molar-refractivity contribution is 5.81. The largest absolute Gasteiger partial charge is 0.478 e. The molecule has 0 aromatic heterocycles. The molecule has 0 saturated carbocycles. The van der Waals surface area contributed by atoms with Crippen molar-refractivity contribution < 1.29 is 23.1 Å². The van der Waals surface area contributed by atoms with Crippen LogP contribution in [0, 0.1) is 0 Å². The summed E-state index contributed by atoms with van der Waals surface area (Å²) in [5.74, 6) is -1.07. The second-order valence-electron chi connectivity index (χ2n) is 3.68. The standard InChI is InChI=1S/C13H11F3O2/c1-9(8-12(17)18)2-3-10-4-6-11(7-5-10)13(14,15)16/h2-8H,1H3,(H,17,18)/b3-2+,9-8+. The van der Waals surface area contributed by atoms with Gasteiger partial charge in [0.25, 0.3) is 0 Å². The van der Waals surface area contributed by atoms with E-state index in [1.165, 1.54) is 18.2 Å². The first-order valence-corrected chi connectivity index (χ1v) is 5.05. The molecule has 0 unspecified atom stereocenters. The van der Waals surface area contributed by atoms with Crippen molar-refractivity contribution >= 4 is 12.0 Å². The Hall–Kier alpha value is -2.04. The van der Waals surface area contributed by atoms with Gasteiger partial charge in [0.2, 0.25) is 0 Å². The van der Waals surface area contributed by atoms with Gasteiger partial charge < -0.3 is 5.11 Å². The molecule has 0 radical (unpaired) electrons. The number of alkyl halides is 3. The lowest BCUT2D eigenvalue weighted by molar-refractivity contribution is -0.137. The topological polar surface area (TPSA) is 37.3 Å². The molecule has 0 saturated heterocycles. The van der Waals surface area contributed by atoms with E-state index in [4.69, 9.17) is 5.11 Å². The maximum Gasteiger partial charge on any atom is 0.416 e. The Balaban J connectivity index is 2.82. The molecular formula is C13H11F3O2. The number of halogens is 3. The Kier molecular flexibility index (Phi) is 4.31. The van der Waals surface area contributed by atoms with Gasteiger partial charge >= 0.3 is 12.1 Å². The Labute approximate surface area is 102 Å². The fourth-order valence-electron chi connectivity index (χ4n) is 1.25. The fourth-order valence-corrected chi connectivity index (χ4v) is 1.25. The number of benzene rings is 1. The molecule has 0 aliphatic heterocycles. The van der Waals surface area contributed by atoms with Crippen molar-refractivity contribution in [2.24, 2.45) is 0 Å². The highest BCUT2D eigenvalue weighted by Gasteiger charge is 2.29. The highest BCUT2D eigenvalue weighted by Crippen LogP contribution is 2.29. The minimum Gasteiger partial charge on any atom is -0.478 e. The molecule has 0 amide bonds. The van der Waals surface area contributed by atoms with Crippen molar-refractivity contribution in [3.63, 3.8) is 0 Å². The summed E-state index contributed by atoms with van der Waals surface area (Å²) in [7, 11) is 0. The second-order valence-corrected chi connectivity index (χ2v) is 3.68. The number of allylic oxidation sites excluding steroid dienone is 2. The van der Waals surface area contributed by atoms with Gasteiger partial charge in [0.05, 0.1) is 5.56 Å². The maximum atomic E-state index is 12.3. The normalized spacial score (nSPS) is 13.0. The van der Waals surface area contributed by atoms with Crippen molar-refractivity contribution in [3.05, 3.63) is 53.1 Å². The van der Waals surface area contributed by atoms with Gasteiger partial charge in [-0.1, -0.05) is 24.3 Å². The van der Waals surface area contributed by atoms with Crippen LogP contribution in [-0.2, 0) is 11.0 Å². The first-order chi connectivity index (χ1) is 8.29. The van der Waals surface area contributed by atoms with E-state index in [2.05, 4.69) is 0 Å². The van der Waals surface area contributed by atoms with Crippen LogP contribution in [0.2, 0.25) is 0 Å². The van der Waals surface area contributed by atoms with Crippen LogP contribution in [-0.4, -0.2) is 11.1 Å². The molecule has 0 aliphatic carbocycles. The van der Waals surface area contributed by atoms with Crippen LogP contribution in [0.1, 0.15) is 18.1 Å². The Morgan fingerprint density at radius 1 is 1.22 bits per heavy atom. The van der Waals surface area contributed by atoms with Crippen molar-refractivity contribution in [1.82, 2.24) is 0 Å². The number of rotatable bonds is 3. The van der Waals surface area contributed by atoms with E-state index in [1.54, 1.807) is 13.0 Å². The molecule has 1 aromatic rings. The molecule has 0 bridgehead atoms. The van der Waals surface area contributed by atoms with Crippen LogP contribution < -0.4 is 0 Å². The minimum absolute atomic E-state index is 0.502. The molecule has 1 rings (SSSR count). The van der Waals surface area contributed by atoms with Gasteiger partial charge in [0, 0.05) is 6.08 Å². The molecular weight excluding hydrogens is 245 g/mol. The molecule has 1 N–H and O–H groups in total. The third-order valence-electron chi connectivity index (χ3n) is 2.13. The summed E-state index contributed by atoms with van der Waals surface area (Å²) in [6.07, 6.45) is -0.256. The lowest BCUT2D eigenvalue weighted by Gasteiger charge is -2.05. The number of carboxylic acids is 1. The quantitative estimate of drug-likeness (QED) is 0.660. The summed E-state index contributed by atoms with van der Waals surface area (Å²) in [5.41, 5.74) is 0.362. The van der Waals surface area contributed by atoms with Crippen LogP contribution in [0.15, 0.2) is 42.0 Å². The maximum absolute atomic E-state index is 12.3. The number of aliphatic carboxylic acids is 1. The van der Waals surface area contributed by atoms with E-state index in [0.29, 0.717) is 11.1 Å². The van der Waals surface area contributed by atoms with Gasteiger partial charge in [-0.15, -0.1) is 0 Å². The molecule has 5 heteroatoms. The predicted octanol–water partition coefficient (Wildman–Crippen LogP) is 3.75. The zero-order chi connectivity index (χ0) is 13.8. The SMILES string of the molecule is CC(/C=C/c1ccc(C(F)(F)F)cc1)=C\C(=O)O. The van der Waals surface area contributed by atoms with E-state index in [0.717, 1.165) is 18.2 Å². The summed E-state index contributed by atoms with van der Waals surface area (Å²) in [6.45, 7) is 1.59. The number of hydrogen-bond donors (Lipinski definition) is 1. The van der Waals surface area contributed by atoms with Crippen molar-refractivity contribution in [1.29, 1.82) is 0 Å². The summed E-state index contributed by atoms with van der Waals surface area (Å²) < 4.78 is 36.9. The summed E-state index contributed by atoms with van der Waals surface area (Å²) >= 11 is 0. The zero-order valence-corrected chi connectivity index (χ0v) is 9.53. The average molecular weight is 256 g/mol. The van der Waals surface area contributed by atoms with Gasteiger partial charge in [-0.2, -0.15) is 13.2 Å². The fraction of sp³-hybridized carbons (Fsp3) is 0.154. The first-order valence-electron chi connectivity index (χ1n) is 5.05. The first kappa shape index (κ1) is 14.0. The Morgan fingerprint density at radius 3 is 2.22 bits per heavy atom. The summed E-state index contributed by atoms with van der Waals surface area (Å²) in [5, 5.41) is 8.47. The highest BCUT2D eigenvalue weighted by atomic mass is 19.4. The lowest BCUT2D eigenvalue weighted by Crippen LogP contribution is -2.03. The predicted molar refractivity (Wildman–Crippen MR) is 61.9 cm³/mol. The molecule has 18 heavy (non-hydrogen) atoms. The molecule has 0 spiro atoms. The second kappa shape index (κ2) is 5.53. The van der Waals surface area contributed by atoms with Crippen molar-refractivity contribution in [2.45, 2.75) is 13.1 Å². The lowest BCUT2D eigenvalue weighted by atomic mass is 10.1. The zero-order valence-electron chi connectivity index (χ0n) is 9.53. The number of hydrogen-bond acceptors (Lipinski definition) is 1. The minimum atomic E-state index is -4.35. The van der Waals surface area contributed by atoms with E-state index in [-0.39, 0.29) is 0 Å². The van der Waals surface area contributed by atoms with Crippen LogP contribution in [0.4, 0.5) is 13.2 Å². The van der Waals surface area contributed by atoms with E-state index in [9.17, 15) is 18.0 Å². The average Bonchev–Trinajstić information content (AvgIpc) is 2.25. The number of carbonyl (C=O) groups is 1. The smallest absolute Gasteiger partial charge is 0.416 e. The molecule has 1 aromatic carbocycles. The molecule has 0 aliphatic rings. The van der Waals surface area contributed by atoms with Crippen molar-refractivity contribution in [2.75, 3.05) is 0 Å². The van der Waals surface area contributed by atoms with Crippen molar-refractivity contribution in [3.8, 4) is 0 Å². The van der Waals surface area contributed by atoms with Crippen LogP contribution >= 0.6 is 0 Å². The molecule has 0 heterocycles. The van der Waals surface area contributed by atoms with E-state index >= 15 is 0 Å². The number of carboxylic acid groups (broad SMARTS) is 1. The van der Waals surface area contributed by atoms with Crippen LogP contribution in [0.25, 0.3) is 6.08 Å². The van der Waals surface area contributed by atoms with E-state index < -0.39 is 17.7 Å². The molecule has 96 valence electrons. The molecule has 0 atom stereocenters. The van der Waals surface area contributed by atoms with Gasteiger partial charge in [0.15, 0.2) is 0 Å². The Bertz CT molecular complexity index is 482. The Morgan fingerprint density at radius 2 is 1.78 bits per heavy atom. The van der Waals surface area contributed by atoms with Gasteiger partial charge in [-0.3, -0.25) is 0 Å². The van der Waals surface area contributed by atoms with Crippen LogP contribution in [0.5, 0.6) is 0 Å². The van der Waals surface area contributed by atoms with Gasteiger partial charge in [-0.05, 0) is 30.2 Å². The van der Waals surface area contributed by atoms with Gasteiger partial charge in [-0.25, -0.2) is 4.79 Å². The van der Waals surface area contributed by atoms with E-state index in [1.807, 2.05) is 0 Å². The van der Waals surface area contributed by atoms with Crippen LogP contribution in [0.3, 0.4) is 0 Å². The third kappa shape index (κ3) is 4.45. The summed E-state index contributed by atoms with van der Waals surface area (Å²) in [6, 6.07) is 4.62. The molecule has 0 fully saturated rings. The third-order valence-corrected chi connectivity index (χ3v) is 2.13. The van der Waals surface area contributed by atoms with Gasteiger partial charge in [0.1, 0.15) is 0 Å². The summed E-state index contributed by atoms with van der Waals surface area (Å²) in [4.78, 5) is 10.3. The molecule has 2 nitrogen and oxygen atoms in total. The monoisotopic (exact) mass is 256 g/mol.